The van der Waals surface area contributed by atoms with E-state index in [4.69, 9.17) is 0 Å². The van der Waals surface area contributed by atoms with Gasteiger partial charge >= 0.3 is 0 Å². The quantitative estimate of drug-likeness (QED) is 0.603. The third-order valence-corrected chi connectivity index (χ3v) is 9.28. The highest BCUT2D eigenvalue weighted by molar-refractivity contribution is 6.80. The van der Waals surface area contributed by atoms with Crippen molar-refractivity contribution in [3.8, 4) is 0 Å². The first-order valence-electron chi connectivity index (χ1n) is 6.70. The predicted octanol–water partition coefficient (Wildman–Crippen LogP) is 3.25. The minimum Gasteiger partial charge on any atom is -0.309 e. The van der Waals surface area contributed by atoms with Crippen molar-refractivity contribution in [1.29, 1.82) is 0 Å². The van der Waals surface area contributed by atoms with Crippen molar-refractivity contribution >= 4 is 8.40 Å². The number of rotatable bonds is 8. The van der Waals surface area contributed by atoms with Crippen LogP contribution in [0.1, 0.15) is 41.0 Å². The summed E-state index contributed by atoms with van der Waals surface area (Å²) in [6.07, 6.45) is 1.11. The topological polar surface area (TPSA) is 6.48 Å². The maximum absolute atomic E-state index is 4.36. The Labute approximate surface area is 103 Å². The van der Waals surface area contributed by atoms with Gasteiger partial charge in [0, 0.05) is 0 Å². The van der Waals surface area contributed by atoms with Gasteiger partial charge in [-0.25, -0.2) is 0 Å². The Kier molecular flexibility index (Phi) is 7.20. The molecule has 0 bridgehead atoms. The van der Waals surface area contributed by atoms with Gasteiger partial charge in [-0.05, 0) is 39.1 Å². The van der Waals surface area contributed by atoms with Gasteiger partial charge in [-0.1, -0.05) is 39.8 Å². The van der Waals surface area contributed by atoms with E-state index in [0.29, 0.717) is 0 Å². The Hall–Kier alpha value is -0.123. The van der Waals surface area contributed by atoms with Crippen molar-refractivity contribution in [3.63, 3.8) is 0 Å². The van der Waals surface area contributed by atoms with Crippen LogP contribution in [0.15, 0.2) is 11.8 Å². The van der Waals surface area contributed by atoms with E-state index >= 15 is 0 Å². The summed E-state index contributed by atoms with van der Waals surface area (Å²) in [6.45, 7) is 22.6. The van der Waals surface area contributed by atoms with Crippen molar-refractivity contribution < 1.29 is 0 Å². The van der Waals surface area contributed by atoms with Crippen LogP contribution in [0.3, 0.4) is 0 Å². The molecule has 0 saturated carbocycles. The largest absolute Gasteiger partial charge is 0.309 e. The molecule has 96 valence electrons. The maximum Gasteiger partial charge on any atom is 0.231 e. The lowest BCUT2D eigenvalue weighted by Crippen LogP contribution is -2.64. The smallest absolute Gasteiger partial charge is 0.231 e. The zero-order valence-corrected chi connectivity index (χ0v) is 13.1. The molecule has 0 aromatic carbocycles. The molecule has 0 atom stereocenters. The average molecular weight is 242 g/mol. The Bertz CT molecular complexity index is 196. The summed E-state index contributed by atoms with van der Waals surface area (Å²) in [6, 6.07) is 0. The van der Waals surface area contributed by atoms with E-state index in [1.165, 1.54) is 5.20 Å². The van der Waals surface area contributed by atoms with Crippen LogP contribution in [0.4, 0.5) is 0 Å². The fourth-order valence-electron chi connectivity index (χ4n) is 2.66. The van der Waals surface area contributed by atoms with Crippen LogP contribution in [0.25, 0.3) is 0 Å². The van der Waals surface area contributed by atoms with Gasteiger partial charge in [-0.2, -0.15) is 0 Å². The van der Waals surface area contributed by atoms with Crippen molar-refractivity contribution in [1.82, 2.24) is 9.13 Å². The molecule has 0 N–H and O–H groups in total. The van der Waals surface area contributed by atoms with E-state index in [1.54, 1.807) is 0 Å². The SMILES string of the molecule is C=C(CC)[Si](C)(N(CC)CC)N(CC)CC. The average Bonchev–Trinajstić information content (AvgIpc) is 2.30. The minimum absolute atomic E-state index is 1.11. The molecule has 0 fully saturated rings. The monoisotopic (exact) mass is 242 g/mol. The Balaban J connectivity index is 5.22. The standard InChI is InChI=1S/C13H30N2Si/c1-8-13(6)16(7,14(9-2)10-3)15(11-4)12-5/h6,8-12H2,1-5,7H3. The first kappa shape index (κ1) is 15.9. The molecule has 0 aliphatic heterocycles. The van der Waals surface area contributed by atoms with E-state index in [9.17, 15) is 0 Å². The van der Waals surface area contributed by atoms with Crippen LogP contribution in [-0.4, -0.2) is 43.7 Å². The summed E-state index contributed by atoms with van der Waals surface area (Å²) in [4.78, 5) is 0. The highest BCUT2D eigenvalue weighted by Gasteiger charge is 2.40. The second-order valence-electron chi connectivity index (χ2n) is 4.32. The zero-order chi connectivity index (χ0) is 12.8. The molecule has 16 heavy (non-hydrogen) atoms. The van der Waals surface area contributed by atoms with E-state index in [1.807, 2.05) is 0 Å². The van der Waals surface area contributed by atoms with Crippen LogP contribution in [0, 0.1) is 0 Å². The lowest BCUT2D eigenvalue weighted by Gasteiger charge is -2.47. The van der Waals surface area contributed by atoms with Gasteiger partial charge in [0.1, 0.15) is 0 Å². The van der Waals surface area contributed by atoms with Gasteiger partial charge < -0.3 is 9.13 Å². The predicted molar refractivity (Wildman–Crippen MR) is 76.9 cm³/mol. The van der Waals surface area contributed by atoms with Crippen LogP contribution in [0.2, 0.25) is 6.55 Å². The van der Waals surface area contributed by atoms with Crippen LogP contribution in [0.5, 0.6) is 0 Å². The van der Waals surface area contributed by atoms with Crippen molar-refractivity contribution in [2.24, 2.45) is 0 Å². The summed E-state index contributed by atoms with van der Waals surface area (Å²) >= 11 is 0. The molecule has 0 rings (SSSR count). The van der Waals surface area contributed by atoms with Crippen LogP contribution < -0.4 is 0 Å². The van der Waals surface area contributed by atoms with E-state index < -0.39 is 8.40 Å². The molecular weight excluding hydrogens is 212 g/mol. The van der Waals surface area contributed by atoms with Gasteiger partial charge in [0.2, 0.25) is 8.40 Å². The molecule has 2 nitrogen and oxygen atoms in total. The highest BCUT2D eigenvalue weighted by Crippen LogP contribution is 2.24. The molecule has 3 heteroatoms. The molecule has 0 radical (unpaired) electrons. The summed E-state index contributed by atoms with van der Waals surface area (Å²) in [5.41, 5.74) is 0. The Morgan fingerprint density at radius 3 is 1.38 bits per heavy atom. The van der Waals surface area contributed by atoms with Gasteiger partial charge in [0.15, 0.2) is 0 Å². The molecular formula is C13H30N2Si. The molecule has 0 amide bonds. The normalized spacial score (nSPS) is 12.5. The van der Waals surface area contributed by atoms with Gasteiger partial charge in [0.25, 0.3) is 0 Å². The summed E-state index contributed by atoms with van der Waals surface area (Å²) < 4.78 is 5.29. The van der Waals surface area contributed by atoms with Gasteiger partial charge in [-0.15, -0.1) is 6.58 Å². The summed E-state index contributed by atoms with van der Waals surface area (Å²) in [5, 5.41) is 1.46. The highest BCUT2D eigenvalue weighted by atomic mass is 28.3. The van der Waals surface area contributed by atoms with Crippen LogP contribution in [-0.2, 0) is 0 Å². The molecule has 0 unspecified atom stereocenters. The third kappa shape index (κ3) is 2.96. The second kappa shape index (κ2) is 7.25. The van der Waals surface area contributed by atoms with E-state index in [2.05, 4.69) is 56.9 Å². The number of nitrogens with zero attached hydrogens (tertiary/aromatic N) is 2. The summed E-state index contributed by atoms with van der Waals surface area (Å²) in [7, 11) is -1.64. The lowest BCUT2D eigenvalue weighted by molar-refractivity contribution is 0.362. The van der Waals surface area contributed by atoms with E-state index in [0.717, 1.165) is 32.6 Å². The Morgan fingerprint density at radius 2 is 1.19 bits per heavy atom. The van der Waals surface area contributed by atoms with Crippen molar-refractivity contribution in [2.75, 3.05) is 26.2 Å². The molecule has 0 spiro atoms. The molecule has 0 aliphatic rings. The molecule has 0 saturated heterocycles. The molecule has 0 aromatic rings. The van der Waals surface area contributed by atoms with Crippen molar-refractivity contribution in [2.45, 2.75) is 47.6 Å². The zero-order valence-electron chi connectivity index (χ0n) is 12.1. The molecule has 0 aromatic heterocycles. The van der Waals surface area contributed by atoms with Gasteiger partial charge in [-0.3, -0.25) is 0 Å². The van der Waals surface area contributed by atoms with E-state index in [-0.39, 0.29) is 0 Å². The van der Waals surface area contributed by atoms with Crippen molar-refractivity contribution in [3.05, 3.63) is 11.8 Å². The fourth-order valence-corrected chi connectivity index (χ4v) is 7.09. The number of allylic oxidation sites excluding steroid dienone is 1. The van der Waals surface area contributed by atoms with Crippen LogP contribution >= 0.6 is 0 Å². The first-order chi connectivity index (χ1) is 7.52. The maximum atomic E-state index is 4.36. The lowest BCUT2D eigenvalue weighted by atomic mass is 10.5. The Morgan fingerprint density at radius 1 is 0.875 bits per heavy atom. The molecule has 0 heterocycles. The fraction of sp³-hybridized carbons (Fsp3) is 0.846. The second-order valence-corrected chi connectivity index (χ2v) is 8.34. The minimum atomic E-state index is -1.64. The summed E-state index contributed by atoms with van der Waals surface area (Å²) in [5.74, 6) is 0. The first-order valence-corrected chi connectivity index (χ1v) is 9.10. The molecule has 0 aliphatic carbocycles. The number of hydrogen-bond acceptors (Lipinski definition) is 2. The third-order valence-electron chi connectivity index (χ3n) is 3.85. The number of hydrogen-bond donors (Lipinski definition) is 0. The van der Waals surface area contributed by atoms with Gasteiger partial charge in [0.05, 0.1) is 0 Å².